The molecule has 0 N–H and O–H groups in total. The van der Waals surface area contributed by atoms with Crippen molar-refractivity contribution in [2.45, 2.75) is 0 Å². The van der Waals surface area contributed by atoms with Gasteiger partial charge in [-0.3, -0.25) is 0 Å². The lowest BCUT2D eigenvalue weighted by molar-refractivity contribution is 1.17. The Morgan fingerprint density at radius 3 is 1.49 bits per heavy atom. The number of benzene rings is 8. The summed E-state index contributed by atoms with van der Waals surface area (Å²) in [5, 5.41) is 5.02. The molecule has 0 aliphatic rings. The molecule has 8 aromatic carbocycles. The van der Waals surface area contributed by atoms with Crippen LogP contribution in [0.3, 0.4) is 0 Å². The molecule has 0 atom stereocenters. The van der Waals surface area contributed by atoms with Gasteiger partial charge in [-0.2, -0.15) is 0 Å². The Hall–Kier alpha value is -6.84. The summed E-state index contributed by atoms with van der Waals surface area (Å²) in [5.41, 5.74) is 12.9. The standard InChI is InChI=1S/C48H33N3/c1-4-15-35(16-5-1)49(36-17-6-2-7-18-36)38-28-30-39(31-29-38)50-45-25-13-11-22-43(45)48-40(23-14-26-46(48)50)34-27-32-42-41-21-10-12-24-44(41)51(47(42)33-34)37-19-8-3-9-20-37/h1-33H. The molecule has 0 fully saturated rings. The van der Waals surface area contributed by atoms with Crippen molar-refractivity contribution in [3.63, 3.8) is 0 Å². The molecule has 2 heterocycles. The van der Waals surface area contributed by atoms with E-state index in [4.69, 9.17) is 0 Å². The first kappa shape index (κ1) is 29.1. The van der Waals surface area contributed by atoms with Gasteiger partial charge in [0.1, 0.15) is 0 Å². The van der Waals surface area contributed by atoms with Gasteiger partial charge in [-0.25, -0.2) is 0 Å². The molecule has 2 aromatic heterocycles. The first-order chi connectivity index (χ1) is 25.3. The summed E-state index contributed by atoms with van der Waals surface area (Å²) in [7, 11) is 0. The second-order valence-corrected chi connectivity index (χ2v) is 13.0. The Bertz CT molecular complexity index is 2790. The molecule has 10 rings (SSSR count). The van der Waals surface area contributed by atoms with Crippen LogP contribution in [0, 0.1) is 0 Å². The number of fused-ring (bicyclic) bond motifs is 6. The molecule has 0 amide bonds. The van der Waals surface area contributed by atoms with E-state index in [2.05, 4.69) is 214 Å². The molecule has 0 saturated heterocycles. The molecule has 3 nitrogen and oxygen atoms in total. The minimum absolute atomic E-state index is 1.11. The summed E-state index contributed by atoms with van der Waals surface area (Å²) in [6.45, 7) is 0. The Kier molecular flexibility index (Phi) is 6.81. The lowest BCUT2D eigenvalue weighted by Gasteiger charge is -2.25. The van der Waals surface area contributed by atoms with Crippen LogP contribution in [0.5, 0.6) is 0 Å². The molecular weight excluding hydrogens is 619 g/mol. The smallest absolute Gasteiger partial charge is 0.0547 e. The predicted molar refractivity (Wildman–Crippen MR) is 215 cm³/mol. The lowest BCUT2D eigenvalue weighted by Crippen LogP contribution is -2.09. The third-order valence-electron chi connectivity index (χ3n) is 10.1. The molecule has 10 aromatic rings. The van der Waals surface area contributed by atoms with E-state index >= 15 is 0 Å². The van der Waals surface area contributed by atoms with Crippen LogP contribution in [0.15, 0.2) is 200 Å². The van der Waals surface area contributed by atoms with Gasteiger partial charge in [0, 0.05) is 50.0 Å². The van der Waals surface area contributed by atoms with Crippen LogP contribution >= 0.6 is 0 Å². The fourth-order valence-corrected chi connectivity index (χ4v) is 7.88. The van der Waals surface area contributed by atoms with E-state index in [0.29, 0.717) is 0 Å². The van der Waals surface area contributed by atoms with Crippen molar-refractivity contribution in [1.29, 1.82) is 0 Å². The third kappa shape index (κ3) is 4.74. The van der Waals surface area contributed by atoms with E-state index < -0.39 is 0 Å². The molecule has 0 unspecified atom stereocenters. The van der Waals surface area contributed by atoms with Gasteiger partial charge in [0.25, 0.3) is 0 Å². The Labute approximate surface area is 296 Å². The van der Waals surface area contributed by atoms with E-state index in [9.17, 15) is 0 Å². The zero-order valence-corrected chi connectivity index (χ0v) is 27.9. The SMILES string of the molecule is c1ccc(N(c2ccccc2)c2ccc(-n3c4ccccc4c4c(-c5ccc6c7ccccc7n(-c7ccccc7)c6c5)cccc43)cc2)cc1. The number of nitrogens with zero attached hydrogens (tertiary/aromatic N) is 3. The largest absolute Gasteiger partial charge is 0.311 e. The molecule has 0 spiro atoms. The van der Waals surface area contributed by atoms with Crippen LogP contribution < -0.4 is 4.90 Å². The Morgan fingerprint density at radius 2 is 0.804 bits per heavy atom. The molecule has 0 radical (unpaired) electrons. The van der Waals surface area contributed by atoms with Gasteiger partial charge >= 0.3 is 0 Å². The number of hydrogen-bond acceptors (Lipinski definition) is 1. The number of para-hydroxylation sites is 5. The van der Waals surface area contributed by atoms with Crippen LogP contribution in [0.25, 0.3) is 66.1 Å². The highest BCUT2D eigenvalue weighted by Gasteiger charge is 2.19. The van der Waals surface area contributed by atoms with Crippen molar-refractivity contribution in [2.24, 2.45) is 0 Å². The maximum atomic E-state index is 2.41. The van der Waals surface area contributed by atoms with Crippen LogP contribution in [-0.2, 0) is 0 Å². The van der Waals surface area contributed by atoms with Gasteiger partial charge in [0.15, 0.2) is 0 Å². The average molecular weight is 652 g/mol. The lowest BCUT2D eigenvalue weighted by atomic mass is 9.98. The Morgan fingerprint density at radius 1 is 0.314 bits per heavy atom. The fraction of sp³-hybridized carbons (Fsp3) is 0. The topological polar surface area (TPSA) is 13.1 Å². The first-order valence-electron chi connectivity index (χ1n) is 17.5. The zero-order valence-electron chi connectivity index (χ0n) is 27.9. The molecule has 0 aliphatic heterocycles. The van der Waals surface area contributed by atoms with Crippen LogP contribution in [0.2, 0.25) is 0 Å². The van der Waals surface area contributed by atoms with Gasteiger partial charge in [0.05, 0.1) is 22.1 Å². The van der Waals surface area contributed by atoms with Crippen LogP contribution in [-0.4, -0.2) is 9.13 Å². The molecule has 0 aliphatic carbocycles. The third-order valence-corrected chi connectivity index (χ3v) is 10.1. The van der Waals surface area contributed by atoms with Gasteiger partial charge < -0.3 is 14.0 Å². The minimum atomic E-state index is 1.11. The highest BCUT2D eigenvalue weighted by molar-refractivity contribution is 6.17. The molecule has 3 heteroatoms. The highest BCUT2D eigenvalue weighted by Crippen LogP contribution is 2.42. The monoisotopic (exact) mass is 651 g/mol. The van der Waals surface area contributed by atoms with E-state index in [1.165, 1.54) is 54.7 Å². The van der Waals surface area contributed by atoms with Crippen molar-refractivity contribution in [2.75, 3.05) is 4.90 Å². The van der Waals surface area contributed by atoms with Crippen molar-refractivity contribution in [1.82, 2.24) is 9.13 Å². The maximum absolute atomic E-state index is 2.41. The molecular formula is C48H33N3. The van der Waals surface area contributed by atoms with Gasteiger partial charge in [-0.15, -0.1) is 0 Å². The summed E-state index contributed by atoms with van der Waals surface area (Å²) in [6, 6.07) is 72.0. The van der Waals surface area contributed by atoms with Crippen molar-refractivity contribution >= 4 is 60.7 Å². The normalized spacial score (nSPS) is 11.5. The maximum Gasteiger partial charge on any atom is 0.0547 e. The van der Waals surface area contributed by atoms with E-state index in [1.54, 1.807) is 0 Å². The van der Waals surface area contributed by atoms with Crippen molar-refractivity contribution < 1.29 is 0 Å². The van der Waals surface area contributed by atoms with E-state index in [1.807, 2.05) is 0 Å². The zero-order chi connectivity index (χ0) is 33.7. The second kappa shape index (κ2) is 11.9. The molecule has 51 heavy (non-hydrogen) atoms. The molecule has 0 bridgehead atoms. The second-order valence-electron chi connectivity index (χ2n) is 13.0. The van der Waals surface area contributed by atoms with Crippen molar-refractivity contribution in [3.8, 4) is 22.5 Å². The summed E-state index contributed by atoms with van der Waals surface area (Å²) in [5.74, 6) is 0. The average Bonchev–Trinajstić information content (AvgIpc) is 3.72. The first-order valence-corrected chi connectivity index (χ1v) is 17.5. The predicted octanol–water partition coefficient (Wildman–Crippen LogP) is 13.0. The quantitative estimate of drug-likeness (QED) is 0.174. The summed E-state index contributed by atoms with van der Waals surface area (Å²) >= 11 is 0. The van der Waals surface area contributed by atoms with Crippen LogP contribution in [0.4, 0.5) is 17.1 Å². The number of anilines is 3. The van der Waals surface area contributed by atoms with Gasteiger partial charge in [-0.05, 0) is 96.1 Å². The van der Waals surface area contributed by atoms with Gasteiger partial charge in [-0.1, -0.05) is 115 Å². The number of hydrogen-bond donors (Lipinski definition) is 0. The van der Waals surface area contributed by atoms with E-state index in [0.717, 1.165) is 28.4 Å². The fourth-order valence-electron chi connectivity index (χ4n) is 7.88. The minimum Gasteiger partial charge on any atom is -0.311 e. The summed E-state index contributed by atoms with van der Waals surface area (Å²) < 4.78 is 4.81. The summed E-state index contributed by atoms with van der Waals surface area (Å²) in [6.07, 6.45) is 0. The number of aromatic nitrogens is 2. The van der Waals surface area contributed by atoms with Crippen LogP contribution in [0.1, 0.15) is 0 Å². The Balaban J connectivity index is 1.15. The summed E-state index contributed by atoms with van der Waals surface area (Å²) in [4.78, 5) is 2.30. The molecule has 0 saturated carbocycles. The number of rotatable bonds is 6. The van der Waals surface area contributed by atoms with Crippen molar-refractivity contribution in [3.05, 3.63) is 200 Å². The van der Waals surface area contributed by atoms with E-state index in [-0.39, 0.29) is 0 Å². The highest BCUT2D eigenvalue weighted by atomic mass is 15.1. The van der Waals surface area contributed by atoms with Gasteiger partial charge in [0.2, 0.25) is 0 Å². The molecule has 240 valence electrons.